The van der Waals surface area contributed by atoms with E-state index < -0.39 is 6.36 Å². The van der Waals surface area contributed by atoms with Crippen LogP contribution < -0.4 is 19.7 Å². The molecule has 2 heterocycles. The molecular weight excluding hydrogens is 443 g/mol. The summed E-state index contributed by atoms with van der Waals surface area (Å²) >= 11 is 1.59. The van der Waals surface area contributed by atoms with Crippen LogP contribution in [0.3, 0.4) is 0 Å². The van der Waals surface area contributed by atoms with Crippen LogP contribution >= 0.6 is 11.3 Å². The summed E-state index contributed by atoms with van der Waals surface area (Å²) in [6.07, 6.45) is -3.49. The van der Waals surface area contributed by atoms with E-state index in [1.807, 2.05) is 18.2 Å². The van der Waals surface area contributed by atoms with Gasteiger partial charge in [-0.15, -0.1) is 13.2 Å². The number of amides is 1. The first-order valence-electron chi connectivity index (χ1n) is 10.1. The van der Waals surface area contributed by atoms with E-state index in [4.69, 9.17) is 4.74 Å². The fraction of sp³-hybridized carbons (Fsp3) is 0.364. The summed E-state index contributed by atoms with van der Waals surface area (Å²) in [4.78, 5) is 19.4. The van der Waals surface area contributed by atoms with Crippen LogP contribution in [-0.4, -0.2) is 37.5 Å². The number of benzene rings is 2. The molecule has 1 saturated heterocycles. The summed E-state index contributed by atoms with van der Waals surface area (Å²) in [5.74, 6) is 0.116. The van der Waals surface area contributed by atoms with Gasteiger partial charge in [-0.1, -0.05) is 29.5 Å². The highest BCUT2D eigenvalue weighted by molar-refractivity contribution is 7.22. The highest BCUT2D eigenvalue weighted by Gasteiger charge is 2.32. The number of carbonyl (C=O) groups excluding carboxylic acids is 1. The monoisotopic (exact) mass is 465 g/mol. The molecule has 0 radical (unpaired) electrons. The number of alkyl halides is 3. The van der Waals surface area contributed by atoms with E-state index in [-0.39, 0.29) is 29.7 Å². The third kappa shape index (κ3) is 5.24. The number of nitrogens with zero attached hydrogens (tertiary/aromatic N) is 2. The first-order chi connectivity index (χ1) is 15.3. The van der Waals surface area contributed by atoms with Crippen molar-refractivity contribution >= 4 is 32.6 Å². The van der Waals surface area contributed by atoms with E-state index in [2.05, 4.69) is 19.9 Å². The number of methoxy groups -OCH3 is 1. The molecule has 6 nitrogen and oxygen atoms in total. The molecular formula is C22H22F3N3O3S. The van der Waals surface area contributed by atoms with Crippen molar-refractivity contribution in [1.29, 1.82) is 0 Å². The third-order valence-corrected chi connectivity index (χ3v) is 6.45. The van der Waals surface area contributed by atoms with Gasteiger partial charge in [0, 0.05) is 31.1 Å². The van der Waals surface area contributed by atoms with Gasteiger partial charge in [0.2, 0.25) is 5.91 Å². The van der Waals surface area contributed by atoms with Crippen LogP contribution in [0.15, 0.2) is 42.5 Å². The quantitative estimate of drug-likeness (QED) is 0.570. The summed E-state index contributed by atoms with van der Waals surface area (Å²) < 4.78 is 48.0. The molecule has 32 heavy (non-hydrogen) atoms. The van der Waals surface area contributed by atoms with Gasteiger partial charge in [0.15, 0.2) is 5.13 Å². The lowest BCUT2D eigenvalue weighted by atomic mass is 9.96. The minimum atomic E-state index is -4.78. The number of halogens is 3. The lowest BCUT2D eigenvalue weighted by Gasteiger charge is -2.31. The highest BCUT2D eigenvalue weighted by atomic mass is 32.1. The van der Waals surface area contributed by atoms with E-state index >= 15 is 0 Å². The Bertz CT molecular complexity index is 1090. The smallest absolute Gasteiger partial charge is 0.497 e. The maximum Gasteiger partial charge on any atom is 0.573 e. The van der Waals surface area contributed by atoms with Gasteiger partial charge in [0.1, 0.15) is 11.5 Å². The van der Waals surface area contributed by atoms with E-state index in [0.717, 1.165) is 21.1 Å². The Labute approximate surface area is 187 Å². The van der Waals surface area contributed by atoms with Crippen molar-refractivity contribution in [3.05, 3.63) is 48.0 Å². The first kappa shape index (κ1) is 22.2. The summed E-state index contributed by atoms with van der Waals surface area (Å²) in [5, 5.41) is 3.66. The van der Waals surface area contributed by atoms with Gasteiger partial charge in [0.25, 0.3) is 0 Å². The van der Waals surface area contributed by atoms with Crippen molar-refractivity contribution in [2.24, 2.45) is 5.92 Å². The molecule has 2 aromatic carbocycles. The Morgan fingerprint density at radius 3 is 2.69 bits per heavy atom. The number of hydrogen-bond donors (Lipinski definition) is 1. The second-order valence-electron chi connectivity index (χ2n) is 7.46. The van der Waals surface area contributed by atoms with E-state index in [1.165, 1.54) is 18.2 Å². The van der Waals surface area contributed by atoms with Gasteiger partial charge in [-0.25, -0.2) is 4.98 Å². The Kier molecular flexibility index (Phi) is 6.40. The number of anilines is 1. The number of nitrogens with one attached hydrogen (secondary N) is 1. The molecule has 1 aliphatic rings. The number of piperidine rings is 1. The van der Waals surface area contributed by atoms with Crippen LogP contribution in [0.25, 0.3) is 10.2 Å². The van der Waals surface area contributed by atoms with Gasteiger partial charge >= 0.3 is 6.36 Å². The molecule has 170 valence electrons. The first-order valence-corrected chi connectivity index (χ1v) is 10.9. The van der Waals surface area contributed by atoms with E-state index in [1.54, 1.807) is 24.5 Å². The molecule has 1 amide bonds. The SMILES string of the molecule is COc1ccc2nc(N3CCC(C(=O)NCc4ccccc4OC(F)(F)F)CC3)sc2c1. The molecule has 1 fully saturated rings. The van der Waals surface area contributed by atoms with E-state index in [9.17, 15) is 18.0 Å². The molecule has 1 aromatic heterocycles. The van der Waals surface area contributed by atoms with E-state index in [0.29, 0.717) is 25.9 Å². The third-order valence-electron chi connectivity index (χ3n) is 5.37. The molecule has 1 N–H and O–H groups in total. The summed E-state index contributed by atoms with van der Waals surface area (Å²) in [7, 11) is 1.63. The molecule has 0 bridgehead atoms. The van der Waals surface area contributed by atoms with Crippen LogP contribution in [-0.2, 0) is 11.3 Å². The summed E-state index contributed by atoms with van der Waals surface area (Å²) in [6.45, 7) is 1.34. The predicted molar refractivity (Wildman–Crippen MR) is 116 cm³/mol. The number of thiazole rings is 1. The number of rotatable bonds is 6. The van der Waals surface area contributed by atoms with Crippen molar-refractivity contribution in [3.63, 3.8) is 0 Å². The fourth-order valence-electron chi connectivity index (χ4n) is 3.69. The lowest BCUT2D eigenvalue weighted by molar-refractivity contribution is -0.274. The standard InChI is InChI=1S/C22H22F3N3O3S/c1-30-16-6-7-17-19(12-16)32-21(27-17)28-10-8-14(9-11-28)20(29)26-13-15-4-2-3-5-18(15)31-22(23,24)25/h2-7,12,14H,8-11,13H2,1H3,(H,26,29). The molecule has 0 unspecified atom stereocenters. The molecule has 10 heteroatoms. The number of aromatic nitrogens is 1. The minimum Gasteiger partial charge on any atom is -0.497 e. The average molecular weight is 465 g/mol. The van der Waals surface area contributed by atoms with Crippen LogP contribution in [0.2, 0.25) is 0 Å². The van der Waals surface area contributed by atoms with Crippen LogP contribution in [0, 0.1) is 5.92 Å². The number of carbonyl (C=O) groups is 1. The predicted octanol–water partition coefficient (Wildman–Crippen LogP) is 4.74. The number of para-hydroxylation sites is 1. The Hall–Kier alpha value is -3.01. The molecule has 0 aliphatic carbocycles. The number of fused-ring (bicyclic) bond motifs is 1. The van der Waals surface area contributed by atoms with Crippen LogP contribution in [0.1, 0.15) is 18.4 Å². The number of ether oxygens (including phenoxy) is 2. The number of hydrogen-bond acceptors (Lipinski definition) is 6. The second-order valence-corrected chi connectivity index (χ2v) is 8.47. The van der Waals surface area contributed by atoms with Gasteiger partial charge in [-0.3, -0.25) is 4.79 Å². The molecule has 3 aromatic rings. The van der Waals surface area contributed by atoms with Crippen LogP contribution in [0.4, 0.5) is 18.3 Å². The van der Waals surface area contributed by atoms with Gasteiger partial charge in [-0.05, 0) is 37.1 Å². The zero-order valence-corrected chi connectivity index (χ0v) is 18.1. The molecule has 0 spiro atoms. The Balaban J connectivity index is 1.32. The second kappa shape index (κ2) is 9.23. The van der Waals surface area contributed by atoms with Crippen molar-refractivity contribution in [3.8, 4) is 11.5 Å². The van der Waals surface area contributed by atoms with Crippen molar-refractivity contribution < 1.29 is 27.4 Å². The highest BCUT2D eigenvalue weighted by Crippen LogP contribution is 2.33. The van der Waals surface area contributed by atoms with Crippen molar-refractivity contribution in [2.75, 3.05) is 25.1 Å². The minimum absolute atomic E-state index is 0.0228. The maximum atomic E-state index is 12.6. The average Bonchev–Trinajstić information content (AvgIpc) is 3.20. The lowest BCUT2D eigenvalue weighted by Crippen LogP contribution is -2.40. The van der Waals surface area contributed by atoms with Crippen molar-refractivity contribution in [1.82, 2.24) is 10.3 Å². The summed E-state index contributed by atoms with van der Waals surface area (Å²) in [6, 6.07) is 11.6. The van der Waals surface area contributed by atoms with Crippen LogP contribution in [0.5, 0.6) is 11.5 Å². The topological polar surface area (TPSA) is 63.7 Å². The zero-order valence-electron chi connectivity index (χ0n) is 17.3. The molecule has 1 aliphatic heterocycles. The van der Waals surface area contributed by atoms with Gasteiger partial charge < -0.3 is 19.7 Å². The van der Waals surface area contributed by atoms with Crippen molar-refractivity contribution in [2.45, 2.75) is 25.7 Å². The Morgan fingerprint density at radius 2 is 1.97 bits per heavy atom. The van der Waals surface area contributed by atoms with Gasteiger partial charge in [0.05, 0.1) is 17.3 Å². The maximum absolute atomic E-state index is 12.6. The van der Waals surface area contributed by atoms with Gasteiger partial charge in [-0.2, -0.15) is 0 Å². The fourth-order valence-corrected chi connectivity index (χ4v) is 4.73. The summed E-state index contributed by atoms with van der Waals surface area (Å²) in [5.41, 5.74) is 1.19. The largest absolute Gasteiger partial charge is 0.573 e. The zero-order chi connectivity index (χ0) is 22.7. The molecule has 0 saturated carbocycles. The normalized spacial score (nSPS) is 15.1. The molecule has 0 atom stereocenters. The Morgan fingerprint density at radius 1 is 1.22 bits per heavy atom. The molecule has 4 rings (SSSR count).